The van der Waals surface area contributed by atoms with Crippen molar-refractivity contribution in [1.29, 1.82) is 0 Å². The Morgan fingerprint density at radius 3 is 2.71 bits per heavy atom. The maximum atomic E-state index is 12.2. The molecule has 0 spiro atoms. The second-order valence-electron chi connectivity index (χ2n) is 5.62. The van der Waals surface area contributed by atoms with Gasteiger partial charge in [0.15, 0.2) is 5.82 Å². The predicted octanol–water partition coefficient (Wildman–Crippen LogP) is 2.24. The number of hydrogen-bond donors (Lipinski definition) is 1. The molecule has 0 atom stereocenters. The van der Waals surface area contributed by atoms with Crippen molar-refractivity contribution < 1.29 is 8.42 Å². The second-order valence-corrected chi connectivity index (χ2v) is 8.87. The molecule has 3 aromatic rings. The molecule has 2 heterocycles. The van der Waals surface area contributed by atoms with Crippen molar-refractivity contribution in [3.05, 3.63) is 40.1 Å². The van der Waals surface area contributed by atoms with Crippen LogP contribution in [0.3, 0.4) is 0 Å². The molecule has 1 fully saturated rings. The summed E-state index contributed by atoms with van der Waals surface area (Å²) in [5, 5.41) is 14.1. The van der Waals surface area contributed by atoms with Crippen LogP contribution in [0.15, 0.2) is 29.2 Å². The zero-order valence-corrected chi connectivity index (χ0v) is 14.9. The van der Waals surface area contributed by atoms with Crippen LogP contribution in [0.5, 0.6) is 0 Å². The molecule has 1 aromatic carbocycles. The van der Waals surface area contributed by atoms with Gasteiger partial charge in [-0.25, -0.2) is 13.1 Å². The van der Waals surface area contributed by atoms with Gasteiger partial charge in [0.1, 0.15) is 5.01 Å². The van der Waals surface area contributed by atoms with Crippen LogP contribution in [-0.2, 0) is 16.4 Å². The Labute approximate surface area is 147 Å². The average Bonchev–Trinajstić information content (AvgIpc) is 3.18. The fraction of sp³-hybridized carbons (Fsp3) is 0.357. The number of rotatable bonds is 6. The van der Waals surface area contributed by atoms with Crippen LogP contribution in [-0.4, -0.2) is 34.8 Å². The van der Waals surface area contributed by atoms with Gasteiger partial charge < -0.3 is 0 Å². The van der Waals surface area contributed by atoms with E-state index in [2.05, 4.69) is 20.0 Å². The molecule has 1 aliphatic rings. The fourth-order valence-electron chi connectivity index (χ4n) is 2.36. The van der Waals surface area contributed by atoms with Crippen LogP contribution in [0.25, 0.3) is 4.96 Å². The summed E-state index contributed by atoms with van der Waals surface area (Å²) in [4.78, 5) is 0.952. The zero-order valence-electron chi connectivity index (χ0n) is 12.5. The van der Waals surface area contributed by atoms with Gasteiger partial charge in [-0.2, -0.15) is 9.61 Å². The van der Waals surface area contributed by atoms with E-state index in [4.69, 9.17) is 11.6 Å². The molecule has 1 saturated carbocycles. The lowest BCUT2D eigenvalue weighted by molar-refractivity contribution is 0.581. The first-order chi connectivity index (χ1) is 11.5. The van der Waals surface area contributed by atoms with Crippen LogP contribution in [0.1, 0.15) is 29.6 Å². The minimum Gasteiger partial charge on any atom is -0.211 e. The Kier molecular flexibility index (Phi) is 4.03. The second kappa shape index (κ2) is 6.07. The van der Waals surface area contributed by atoms with Crippen molar-refractivity contribution in [2.24, 2.45) is 0 Å². The highest BCUT2D eigenvalue weighted by atomic mass is 35.5. The highest BCUT2D eigenvalue weighted by Gasteiger charge is 2.30. The topological polar surface area (TPSA) is 89.2 Å². The SMILES string of the molecule is O=S(=O)(NCCc1nn2c(C3CC3)nnc2s1)c1ccc(Cl)cc1. The molecular weight excluding hydrogens is 370 g/mol. The third-order valence-electron chi connectivity index (χ3n) is 3.75. The van der Waals surface area contributed by atoms with Crippen molar-refractivity contribution in [1.82, 2.24) is 24.5 Å². The monoisotopic (exact) mass is 383 g/mol. The van der Waals surface area contributed by atoms with Crippen LogP contribution in [0.2, 0.25) is 5.02 Å². The van der Waals surface area contributed by atoms with E-state index in [1.165, 1.54) is 23.5 Å². The molecule has 1 aliphatic carbocycles. The molecule has 126 valence electrons. The molecule has 4 rings (SSSR count). The Morgan fingerprint density at radius 1 is 1.25 bits per heavy atom. The number of halogens is 1. The summed E-state index contributed by atoms with van der Waals surface area (Å²) >= 11 is 7.22. The number of nitrogens with zero attached hydrogens (tertiary/aromatic N) is 4. The lowest BCUT2D eigenvalue weighted by Crippen LogP contribution is -2.26. The summed E-state index contributed by atoms with van der Waals surface area (Å²) in [7, 11) is -3.54. The molecule has 24 heavy (non-hydrogen) atoms. The number of aromatic nitrogens is 4. The van der Waals surface area contributed by atoms with E-state index >= 15 is 0 Å². The van der Waals surface area contributed by atoms with E-state index in [-0.39, 0.29) is 11.4 Å². The molecule has 0 saturated heterocycles. The lowest BCUT2D eigenvalue weighted by Gasteiger charge is -2.05. The van der Waals surface area contributed by atoms with Gasteiger partial charge >= 0.3 is 0 Å². The Balaban J connectivity index is 1.42. The summed E-state index contributed by atoms with van der Waals surface area (Å²) in [5.74, 6) is 1.38. The minimum atomic E-state index is -3.54. The Bertz CT molecular complexity index is 976. The molecule has 0 aliphatic heterocycles. The molecule has 1 N–H and O–H groups in total. The van der Waals surface area contributed by atoms with Gasteiger partial charge in [-0.15, -0.1) is 10.2 Å². The van der Waals surface area contributed by atoms with Crippen LogP contribution >= 0.6 is 22.9 Å². The smallest absolute Gasteiger partial charge is 0.211 e. The first kappa shape index (κ1) is 15.9. The Hall–Kier alpha value is -1.55. The van der Waals surface area contributed by atoms with Crippen molar-refractivity contribution in [3.8, 4) is 0 Å². The van der Waals surface area contributed by atoms with E-state index in [9.17, 15) is 8.42 Å². The van der Waals surface area contributed by atoms with Gasteiger partial charge in [-0.3, -0.25) is 0 Å². The summed E-state index contributed by atoms with van der Waals surface area (Å²) in [5.41, 5.74) is 0. The largest absolute Gasteiger partial charge is 0.240 e. The summed E-state index contributed by atoms with van der Waals surface area (Å²) < 4.78 is 28.8. The van der Waals surface area contributed by atoms with E-state index in [0.717, 1.165) is 28.6 Å². The molecule has 7 nitrogen and oxygen atoms in total. The number of fused-ring (bicyclic) bond motifs is 1. The highest BCUT2D eigenvalue weighted by Crippen LogP contribution is 2.39. The van der Waals surface area contributed by atoms with Gasteiger partial charge in [0.2, 0.25) is 15.0 Å². The highest BCUT2D eigenvalue weighted by molar-refractivity contribution is 7.89. The summed E-state index contributed by atoms with van der Waals surface area (Å²) in [6.07, 6.45) is 2.77. The van der Waals surface area contributed by atoms with E-state index in [0.29, 0.717) is 17.4 Å². The summed E-state index contributed by atoms with van der Waals surface area (Å²) in [6.45, 7) is 0.272. The third kappa shape index (κ3) is 3.16. The number of sulfonamides is 1. The molecular formula is C14H14ClN5O2S2. The molecule has 0 amide bonds. The van der Waals surface area contributed by atoms with Crippen molar-refractivity contribution in [2.45, 2.75) is 30.1 Å². The first-order valence-electron chi connectivity index (χ1n) is 7.49. The third-order valence-corrected chi connectivity index (χ3v) is 6.44. The quantitative estimate of drug-likeness (QED) is 0.705. The number of benzene rings is 1. The average molecular weight is 384 g/mol. The van der Waals surface area contributed by atoms with Gasteiger partial charge in [-0.1, -0.05) is 22.9 Å². The predicted molar refractivity (Wildman–Crippen MR) is 91.0 cm³/mol. The maximum absolute atomic E-state index is 12.2. The van der Waals surface area contributed by atoms with Gasteiger partial charge in [-0.05, 0) is 37.1 Å². The maximum Gasteiger partial charge on any atom is 0.240 e. The molecule has 0 bridgehead atoms. The van der Waals surface area contributed by atoms with E-state index in [1.807, 2.05) is 0 Å². The normalized spacial score (nSPS) is 15.2. The van der Waals surface area contributed by atoms with Crippen LogP contribution in [0, 0.1) is 0 Å². The summed E-state index contributed by atoms with van der Waals surface area (Å²) in [6, 6.07) is 6.07. The van der Waals surface area contributed by atoms with Crippen molar-refractivity contribution in [2.75, 3.05) is 6.54 Å². The van der Waals surface area contributed by atoms with Crippen molar-refractivity contribution in [3.63, 3.8) is 0 Å². The van der Waals surface area contributed by atoms with Gasteiger partial charge in [0.05, 0.1) is 4.90 Å². The lowest BCUT2D eigenvalue weighted by atomic mass is 10.4. The number of hydrogen-bond acceptors (Lipinski definition) is 6. The van der Waals surface area contributed by atoms with E-state index in [1.54, 1.807) is 16.6 Å². The van der Waals surface area contributed by atoms with Crippen LogP contribution < -0.4 is 4.72 Å². The zero-order chi connectivity index (χ0) is 16.7. The Morgan fingerprint density at radius 2 is 2.00 bits per heavy atom. The number of nitrogens with one attached hydrogen (secondary N) is 1. The van der Waals surface area contributed by atoms with Crippen molar-refractivity contribution >= 4 is 37.9 Å². The van der Waals surface area contributed by atoms with Gasteiger partial charge in [0, 0.05) is 23.9 Å². The van der Waals surface area contributed by atoms with E-state index < -0.39 is 10.0 Å². The fourth-order valence-corrected chi connectivity index (χ4v) is 4.36. The molecule has 2 aromatic heterocycles. The molecule has 0 unspecified atom stereocenters. The molecule has 0 radical (unpaired) electrons. The van der Waals surface area contributed by atoms with Crippen LogP contribution in [0.4, 0.5) is 0 Å². The standard InChI is InChI=1S/C14H14ClN5O2S2/c15-10-3-5-11(6-4-10)24(21,22)16-8-7-12-19-20-13(9-1-2-9)17-18-14(20)23-12/h3-6,9,16H,1-2,7-8H2. The van der Waals surface area contributed by atoms with Gasteiger partial charge in [0.25, 0.3) is 0 Å². The first-order valence-corrected chi connectivity index (χ1v) is 10.2. The molecule has 10 heteroatoms. The minimum absolute atomic E-state index is 0.195.